The van der Waals surface area contributed by atoms with Gasteiger partial charge in [0.25, 0.3) is 0 Å². The molecule has 0 saturated heterocycles. The Labute approximate surface area is 677 Å². The SMILES string of the molecule is CC1(C)C2=C(C=CCC2)c2ccc(-c3cc(-c4ccccc4)c4ccc5c(-c6ccccc6)cc(-c6ccc7c(c6)C(C)(C)c6c(-c8ccc(-c9cc(-c%10ccccc%10)cc(-c%10cc(-c%11cc(-c%12ccccc%12)cc(-c%12ccccc%12)n%11)cc(-c%11cc(-c%12ccccc%12)cc(-c%12ccccc%12)n%11)c%10)n9)cc8)cccc6-7)nc5c4n3)cc21. The van der Waals surface area contributed by atoms with Gasteiger partial charge in [-0.2, -0.15) is 0 Å². The average Bonchev–Trinajstić information content (AvgIpc) is 1.46. The van der Waals surface area contributed by atoms with Crippen LogP contribution in [0.5, 0.6) is 0 Å². The lowest BCUT2D eigenvalue weighted by atomic mass is 9.78. The van der Waals surface area contributed by atoms with E-state index in [4.69, 9.17) is 24.9 Å². The summed E-state index contributed by atoms with van der Waals surface area (Å²) in [6.07, 6.45) is 6.85. The van der Waals surface area contributed by atoms with Gasteiger partial charge >= 0.3 is 0 Å². The Kier molecular flexibility index (Phi) is 17.0. The standard InChI is InChI=1S/C111H79N5/c1-110(2)96-46-27-26-43-88(96)89-53-51-79(60-97(89)110)105-68-94(73-35-18-8-19-36-73)92-55-56-93-95(74-37-20-9-21-38-74)69-106(116-109(93)108(92)115-105)80-52-54-90-91-45-28-44-87(107(91)111(3,4)98(90)61-80)75-47-49-78(50-48-75)101-64-83(72-33-16-7-17-34-72)67-104(114-101)86-58-84(102-65-81(70-29-12-5-13-30-70)62-99(112-102)76-39-22-10-23-40-76)57-85(59-86)103-66-82(71-31-14-6-15-32-71)63-100(113-103)77-41-24-11-25-42-77/h5-26,28-45,47-69H,27,46H2,1-4H3. The molecule has 0 atom stereocenters. The topological polar surface area (TPSA) is 64.5 Å². The summed E-state index contributed by atoms with van der Waals surface area (Å²) < 4.78 is 0. The molecule has 5 heterocycles. The molecule has 13 aromatic carbocycles. The number of rotatable bonds is 14. The molecule has 3 aliphatic rings. The van der Waals surface area contributed by atoms with E-state index in [2.05, 4.69) is 410 Å². The highest BCUT2D eigenvalue weighted by Gasteiger charge is 2.40. The number of pyridine rings is 5. The van der Waals surface area contributed by atoms with Crippen molar-refractivity contribution in [3.05, 3.63) is 410 Å². The maximum Gasteiger partial charge on any atom is 0.0978 e. The van der Waals surface area contributed by atoms with E-state index in [1.807, 2.05) is 0 Å². The zero-order valence-corrected chi connectivity index (χ0v) is 65.0. The molecule has 116 heavy (non-hydrogen) atoms. The number of hydrogen-bond acceptors (Lipinski definition) is 5. The van der Waals surface area contributed by atoms with Crippen molar-refractivity contribution in [2.24, 2.45) is 0 Å². The van der Waals surface area contributed by atoms with Gasteiger partial charge in [-0.05, 0) is 197 Å². The van der Waals surface area contributed by atoms with Crippen molar-refractivity contribution in [1.29, 1.82) is 0 Å². The Hall–Kier alpha value is -14.4. The van der Waals surface area contributed by atoms with Crippen molar-refractivity contribution in [3.63, 3.8) is 0 Å². The smallest absolute Gasteiger partial charge is 0.0978 e. The number of hydrogen-bond donors (Lipinski definition) is 0. The summed E-state index contributed by atoms with van der Waals surface area (Å²) in [4.78, 5) is 28.4. The first-order valence-corrected chi connectivity index (χ1v) is 40.3. The van der Waals surface area contributed by atoms with E-state index in [-0.39, 0.29) is 5.41 Å². The van der Waals surface area contributed by atoms with E-state index >= 15 is 0 Å². The monoisotopic (exact) mass is 1480 g/mol. The summed E-state index contributed by atoms with van der Waals surface area (Å²) in [5.74, 6) is 0. The minimum Gasteiger partial charge on any atom is -0.248 e. The highest BCUT2D eigenvalue weighted by Crippen LogP contribution is 2.55. The molecular weight excluding hydrogens is 1400 g/mol. The Morgan fingerprint density at radius 2 is 0.543 bits per heavy atom. The lowest BCUT2D eigenvalue weighted by Gasteiger charge is -2.26. The lowest BCUT2D eigenvalue weighted by Crippen LogP contribution is -2.17. The molecule has 0 bridgehead atoms. The maximum absolute atomic E-state index is 5.82. The maximum atomic E-state index is 5.82. The fourth-order valence-corrected chi connectivity index (χ4v) is 18.4. The normalized spacial score (nSPS) is 13.5. The summed E-state index contributed by atoms with van der Waals surface area (Å²) in [5.41, 5.74) is 40.4. The van der Waals surface area contributed by atoms with Gasteiger partial charge in [0.1, 0.15) is 0 Å². The van der Waals surface area contributed by atoms with Crippen molar-refractivity contribution in [3.8, 4) is 168 Å². The Bertz CT molecular complexity index is 6730. The van der Waals surface area contributed by atoms with Crippen molar-refractivity contribution in [2.45, 2.75) is 51.4 Å². The summed E-state index contributed by atoms with van der Waals surface area (Å²) >= 11 is 0. The van der Waals surface area contributed by atoms with Gasteiger partial charge in [0.15, 0.2) is 0 Å². The van der Waals surface area contributed by atoms with Gasteiger partial charge in [0.05, 0.1) is 56.6 Å². The average molecular weight is 1480 g/mol. The second-order valence-corrected chi connectivity index (χ2v) is 32.1. The summed E-state index contributed by atoms with van der Waals surface area (Å²) in [5, 5.41) is 2.13. The molecule has 5 heteroatoms. The van der Waals surface area contributed by atoms with Gasteiger partial charge in [-0.3, -0.25) is 0 Å². The van der Waals surface area contributed by atoms with Crippen LogP contribution < -0.4 is 0 Å². The predicted octanol–water partition coefficient (Wildman–Crippen LogP) is 29.0. The van der Waals surface area contributed by atoms with Crippen molar-refractivity contribution < 1.29 is 0 Å². The predicted molar refractivity (Wildman–Crippen MR) is 482 cm³/mol. The van der Waals surface area contributed by atoms with Crippen LogP contribution in [0, 0.1) is 0 Å². The number of allylic oxidation sites excluding steroid dienone is 4. The Morgan fingerprint density at radius 1 is 0.216 bits per heavy atom. The van der Waals surface area contributed by atoms with Gasteiger partial charge in [-0.1, -0.05) is 337 Å². The molecule has 0 amide bonds. The summed E-state index contributed by atoms with van der Waals surface area (Å²) in [7, 11) is 0. The molecular formula is C111H79N5. The molecule has 5 aromatic heterocycles. The fraction of sp³-hybridized carbons (Fsp3) is 0.0721. The van der Waals surface area contributed by atoms with Gasteiger partial charge in [-0.25, -0.2) is 24.9 Å². The second kappa shape index (κ2) is 28.4. The van der Waals surface area contributed by atoms with E-state index in [1.54, 1.807) is 0 Å². The third-order valence-corrected chi connectivity index (χ3v) is 24.3. The van der Waals surface area contributed by atoms with E-state index in [0.29, 0.717) is 0 Å². The molecule has 0 N–H and O–H groups in total. The third kappa shape index (κ3) is 12.4. The Morgan fingerprint density at radius 3 is 0.966 bits per heavy atom. The van der Waals surface area contributed by atoms with Crippen molar-refractivity contribution in [2.75, 3.05) is 0 Å². The van der Waals surface area contributed by atoms with Gasteiger partial charge in [0, 0.05) is 66.1 Å². The molecule has 548 valence electrons. The number of fused-ring (bicyclic) bond motifs is 8. The van der Waals surface area contributed by atoms with E-state index in [9.17, 15) is 0 Å². The van der Waals surface area contributed by atoms with Crippen molar-refractivity contribution >= 4 is 27.4 Å². The van der Waals surface area contributed by atoms with Crippen LogP contribution in [-0.2, 0) is 10.8 Å². The Balaban J connectivity index is 0.674. The van der Waals surface area contributed by atoms with Crippen LogP contribution in [0.4, 0.5) is 0 Å². The van der Waals surface area contributed by atoms with Gasteiger partial charge in [-0.15, -0.1) is 0 Å². The van der Waals surface area contributed by atoms with E-state index < -0.39 is 5.41 Å². The van der Waals surface area contributed by atoms with Crippen LogP contribution in [0.1, 0.15) is 62.8 Å². The van der Waals surface area contributed by atoms with Crippen LogP contribution >= 0.6 is 0 Å². The highest BCUT2D eigenvalue weighted by atomic mass is 14.8. The van der Waals surface area contributed by atoms with Crippen LogP contribution in [0.2, 0.25) is 0 Å². The van der Waals surface area contributed by atoms with Crippen LogP contribution in [0.25, 0.3) is 195 Å². The molecule has 0 spiro atoms. The largest absolute Gasteiger partial charge is 0.248 e. The first-order valence-electron chi connectivity index (χ1n) is 40.3. The molecule has 0 saturated carbocycles. The molecule has 0 unspecified atom stereocenters. The van der Waals surface area contributed by atoms with Crippen LogP contribution in [-0.4, -0.2) is 24.9 Å². The molecule has 21 rings (SSSR count). The van der Waals surface area contributed by atoms with Gasteiger partial charge in [0.2, 0.25) is 0 Å². The minimum absolute atomic E-state index is 0.0823. The third-order valence-electron chi connectivity index (χ3n) is 24.3. The molecule has 18 aromatic rings. The zero-order chi connectivity index (χ0) is 77.6. The molecule has 0 radical (unpaired) electrons. The summed E-state index contributed by atoms with van der Waals surface area (Å²) in [6.45, 7) is 9.59. The first-order chi connectivity index (χ1) is 56.9. The minimum atomic E-state index is -0.394. The quantitative estimate of drug-likeness (QED) is 0.102. The molecule has 5 nitrogen and oxygen atoms in total. The van der Waals surface area contributed by atoms with Crippen LogP contribution in [0.3, 0.4) is 0 Å². The molecule has 3 aliphatic carbocycles. The molecule has 0 fully saturated rings. The van der Waals surface area contributed by atoms with Crippen molar-refractivity contribution in [1.82, 2.24) is 24.9 Å². The second-order valence-electron chi connectivity index (χ2n) is 32.1. The zero-order valence-electron chi connectivity index (χ0n) is 65.0. The number of nitrogens with zero attached hydrogens (tertiary/aromatic N) is 5. The van der Waals surface area contributed by atoms with E-state index in [1.165, 1.54) is 50.1 Å². The first kappa shape index (κ1) is 69.5. The van der Waals surface area contributed by atoms with Crippen LogP contribution in [0.15, 0.2) is 388 Å². The fourth-order valence-electron chi connectivity index (χ4n) is 18.4. The van der Waals surface area contributed by atoms with E-state index in [0.717, 1.165) is 186 Å². The number of aromatic nitrogens is 5. The summed E-state index contributed by atoms with van der Waals surface area (Å²) in [6, 6.07) is 134. The molecule has 0 aliphatic heterocycles. The van der Waals surface area contributed by atoms with Gasteiger partial charge < -0.3 is 0 Å². The number of benzene rings is 13. The lowest BCUT2D eigenvalue weighted by molar-refractivity contribution is 0.607. The highest BCUT2D eigenvalue weighted by molar-refractivity contribution is 6.14.